The molecule has 1 rings (SSSR count). The van der Waals surface area contributed by atoms with Gasteiger partial charge in [-0.3, -0.25) is 4.79 Å². The number of thiazole rings is 1. The van der Waals surface area contributed by atoms with Crippen LogP contribution in [-0.4, -0.2) is 39.7 Å². The van der Waals surface area contributed by atoms with E-state index in [0.717, 1.165) is 5.01 Å². The fourth-order valence-corrected chi connectivity index (χ4v) is 1.97. The number of amides is 1. The Morgan fingerprint density at radius 2 is 2.12 bits per heavy atom. The van der Waals surface area contributed by atoms with E-state index in [1.807, 2.05) is 0 Å². The normalized spacial score (nSPS) is 12.2. The van der Waals surface area contributed by atoms with E-state index in [2.05, 4.69) is 10.3 Å². The molecule has 0 aliphatic carbocycles. The molecule has 0 unspecified atom stereocenters. The largest absolute Gasteiger partial charge is 0.480 e. The summed E-state index contributed by atoms with van der Waals surface area (Å²) in [6, 6.07) is -1.28. The van der Waals surface area contributed by atoms with Gasteiger partial charge in [-0.2, -0.15) is 0 Å². The standard InChI is InChI=1S/C9H12N2O4S/c1-4-7(16-5(2)10-4)8(13)11-6(3-12)9(14)15/h6,12H,3H2,1-2H3,(H,11,13)(H,14,15)/t6-/m1/s1. The summed E-state index contributed by atoms with van der Waals surface area (Å²) in [7, 11) is 0. The number of carboxylic acids is 1. The highest BCUT2D eigenvalue weighted by Crippen LogP contribution is 2.16. The SMILES string of the molecule is Cc1nc(C)c(C(=O)N[C@H](CO)C(=O)O)s1. The summed E-state index contributed by atoms with van der Waals surface area (Å²) in [6.07, 6.45) is 0. The van der Waals surface area contributed by atoms with E-state index < -0.39 is 24.5 Å². The Morgan fingerprint density at radius 1 is 1.50 bits per heavy atom. The molecule has 7 heteroatoms. The molecule has 1 atom stereocenters. The first-order valence-corrected chi connectivity index (χ1v) is 5.36. The van der Waals surface area contributed by atoms with Crippen LogP contribution in [0.4, 0.5) is 0 Å². The van der Waals surface area contributed by atoms with Crippen LogP contribution >= 0.6 is 11.3 Å². The highest BCUT2D eigenvalue weighted by atomic mass is 32.1. The Balaban J connectivity index is 2.79. The van der Waals surface area contributed by atoms with Crippen LogP contribution in [0.25, 0.3) is 0 Å². The van der Waals surface area contributed by atoms with Crippen LogP contribution in [0.2, 0.25) is 0 Å². The maximum atomic E-state index is 11.6. The number of nitrogens with zero attached hydrogens (tertiary/aromatic N) is 1. The number of aliphatic hydroxyl groups excluding tert-OH is 1. The van der Waals surface area contributed by atoms with Crippen molar-refractivity contribution in [1.29, 1.82) is 0 Å². The predicted molar refractivity (Wildman–Crippen MR) is 57.6 cm³/mol. The van der Waals surface area contributed by atoms with Crippen LogP contribution in [0, 0.1) is 13.8 Å². The van der Waals surface area contributed by atoms with E-state index >= 15 is 0 Å². The topological polar surface area (TPSA) is 99.5 Å². The molecule has 0 saturated heterocycles. The molecule has 1 amide bonds. The van der Waals surface area contributed by atoms with E-state index in [-0.39, 0.29) is 0 Å². The molecule has 0 spiro atoms. The van der Waals surface area contributed by atoms with Gasteiger partial charge in [0.2, 0.25) is 0 Å². The molecule has 0 aliphatic rings. The number of nitrogens with one attached hydrogen (secondary N) is 1. The van der Waals surface area contributed by atoms with Gasteiger partial charge in [0.15, 0.2) is 6.04 Å². The van der Waals surface area contributed by atoms with Crippen LogP contribution in [0.1, 0.15) is 20.4 Å². The highest BCUT2D eigenvalue weighted by molar-refractivity contribution is 7.13. The third-order valence-corrected chi connectivity index (χ3v) is 2.97. The molecule has 88 valence electrons. The fourth-order valence-electron chi connectivity index (χ4n) is 1.15. The third kappa shape index (κ3) is 2.77. The Morgan fingerprint density at radius 3 is 2.50 bits per heavy atom. The minimum absolute atomic E-state index is 0.372. The van der Waals surface area contributed by atoms with Gasteiger partial charge in [0.05, 0.1) is 17.3 Å². The Kier molecular flexibility index (Phi) is 3.97. The van der Waals surface area contributed by atoms with Crippen LogP contribution in [-0.2, 0) is 4.79 Å². The first kappa shape index (κ1) is 12.6. The van der Waals surface area contributed by atoms with E-state index in [0.29, 0.717) is 10.6 Å². The van der Waals surface area contributed by atoms with Gasteiger partial charge < -0.3 is 15.5 Å². The Bertz CT molecular complexity index is 416. The molecule has 0 radical (unpaired) electrons. The molecule has 3 N–H and O–H groups in total. The van der Waals surface area contributed by atoms with Crippen molar-refractivity contribution in [2.24, 2.45) is 0 Å². The van der Waals surface area contributed by atoms with Crippen LogP contribution in [0.3, 0.4) is 0 Å². The third-order valence-electron chi connectivity index (χ3n) is 1.90. The lowest BCUT2D eigenvalue weighted by atomic mass is 10.3. The number of carbonyl (C=O) groups is 2. The van der Waals surface area contributed by atoms with Crippen LogP contribution < -0.4 is 5.32 Å². The molecule has 0 bridgehead atoms. The van der Waals surface area contributed by atoms with Gasteiger partial charge >= 0.3 is 5.97 Å². The molecule has 16 heavy (non-hydrogen) atoms. The molecule has 0 fully saturated rings. The lowest BCUT2D eigenvalue weighted by molar-refractivity contribution is -0.140. The molecule has 0 aliphatic heterocycles. The molecule has 1 aromatic rings. The summed E-state index contributed by atoms with van der Waals surface area (Å²) in [5, 5.41) is 20.4. The van der Waals surface area contributed by atoms with Gasteiger partial charge in [-0.1, -0.05) is 0 Å². The van der Waals surface area contributed by atoms with Crippen molar-refractivity contribution in [3.8, 4) is 0 Å². The van der Waals surface area contributed by atoms with Crippen LogP contribution in [0.5, 0.6) is 0 Å². The quantitative estimate of drug-likeness (QED) is 0.688. The maximum absolute atomic E-state index is 11.6. The van der Waals surface area contributed by atoms with Crippen molar-refractivity contribution in [3.05, 3.63) is 15.6 Å². The Labute approximate surface area is 95.9 Å². The first-order chi connectivity index (χ1) is 7.45. The summed E-state index contributed by atoms with van der Waals surface area (Å²) in [5.41, 5.74) is 0.557. The summed E-state index contributed by atoms with van der Waals surface area (Å²) in [4.78, 5) is 26.7. The van der Waals surface area contributed by atoms with Crippen molar-refractivity contribution in [3.63, 3.8) is 0 Å². The van der Waals surface area contributed by atoms with Crippen molar-refractivity contribution in [2.75, 3.05) is 6.61 Å². The molecular formula is C9H12N2O4S. The second-order valence-corrected chi connectivity index (χ2v) is 4.40. The van der Waals surface area contributed by atoms with E-state index in [4.69, 9.17) is 10.2 Å². The number of aromatic nitrogens is 1. The Hall–Kier alpha value is -1.47. The first-order valence-electron chi connectivity index (χ1n) is 4.54. The van der Waals surface area contributed by atoms with Gasteiger partial charge in [0.1, 0.15) is 4.88 Å². The smallest absolute Gasteiger partial charge is 0.328 e. The molecule has 0 aromatic carbocycles. The number of aliphatic hydroxyl groups is 1. The zero-order valence-electron chi connectivity index (χ0n) is 8.85. The van der Waals surface area contributed by atoms with E-state index in [9.17, 15) is 9.59 Å². The number of carboxylic acid groups (broad SMARTS) is 1. The zero-order valence-corrected chi connectivity index (χ0v) is 9.67. The second kappa shape index (κ2) is 5.04. The van der Waals surface area contributed by atoms with Crippen molar-refractivity contribution in [1.82, 2.24) is 10.3 Å². The zero-order chi connectivity index (χ0) is 12.3. The van der Waals surface area contributed by atoms with Gasteiger partial charge in [-0.25, -0.2) is 9.78 Å². The minimum Gasteiger partial charge on any atom is -0.480 e. The average Bonchev–Trinajstić information content (AvgIpc) is 2.53. The molecule has 1 aromatic heterocycles. The maximum Gasteiger partial charge on any atom is 0.328 e. The number of rotatable bonds is 4. The van der Waals surface area contributed by atoms with Crippen molar-refractivity contribution >= 4 is 23.2 Å². The van der Waals surface area contributed by atoms with Gasteiger partial charge in [-0.05, 0) is 13.8 Å². The lowest BCUT2D eigenvalue weighted by Crippen LogP contribution is -2.43. The summed E-state index contributed by atoms with van der Waals surface area (Å²) >= 11 is 1.19. The van der Waals surface area contributed by atoms with Gasteiger partial charge in [0, 0.05) is 0 Å². The van der Waals surface area contributed by atoms with Crippen LogP contribution in [0.15, 0.2) is 0 Å². The van der Waals surface area contributed by atoms with Crippen molar-refractivity contribution < 1.29 is 19.8 Å². The van der Waals surface area contributed by atoms with E-state index in [1.165, 1.54) is 11.3 Å². The number of aryl methyl sites for hydroxylation is 2. The molecule has 1 heterocycles. The number of hydrogen-bond donors (Lipinski definition) is 3. The average molecular weight is 244 g/mol. The van der Waals surface area contributed by atoms with Gasteiger partial charge in [-0.15, -0.1) is 11.3 Å². The van der Waals surface area contributed by atoms with E-state index in [1.54, 1.807) is 13.8 Å². The fraction of sp³-hybridized carbons (Fsp3) is 0.444. The minimum atomic E-state index is -1.28. The van der Waals surface area contributed by atoms with Gasteiger partial charge in [0.25, 0.3) is 5.91 Å². The number of carbonyl (C=O) groups excluding carboxylic acids is 1. The summed E-state index contributed by atoms with van der Waals surface area (Å²) in [6.45, 7) is 2.79. The summed E-state index contributed by atoms with van der Waals surface area (Å²) in [5.74, 6) is -1.79. The highest BCUT2D eigenvalue weighted by Gasteiger charge is 2.22. The number of aliphatic carboxylic acids is 1. The lowest BCUT2D eigenvalue weighted by Gasteiger charge is -2.10. The predicted octanol–water partition coefficient (Wildman–Crippen LogP) is -0.0648. The molecule has 6 nitrogen and oxygen atoms in total. The second-order valence-electron chi connectivity index (χ2n) is 3.19. The molecule has 0 saturated carbocycles. The monoisotopic (exact) mass is 244 g/mol. The summed E-state index contributed by atoms with van der Waals surface area (Å²) < 4.78 is 0. The number of hydrogen-bond acceptors (Lipinski definition) is 5. The molecular weight excluding hydrogens is 232 g/mol. The van der Waals surface area contributed by atoms with Crippen molar-refractivity contribution in [2.45, 2.75) is 19.9 Å².